The van der Waals surface area contributed by atoms with Crippen molar-refractivity contribution in [1.29, 1.82) is 0 Å². The van der Waals surface area contributed by atoms with Crippen LogP contribution >= 0.6 is 15.9 Å². The van der Waals surface area contributed by atoms with Crippen LogP contribution in [-0.4, -0.2) is 21.5 Å². The molecule has 2 aromatic rings. The zero-order valence-electron chi connectivity index (χ0n) is 12.6. The van der Waals surface area contributed by atoms with Crippen LogP contribution in [0, 0.1) is 0 Å². The van der Waals surface area contributed by atoms with Crippen molar-refractivity contribution < 1.29 is 4.74 Å². The van der Waals surface area contributed by atoms with Gasteiger partial charge in [0.05, 0.1) is 6.20 Å². The van der Waals surface area contributed by atoms with Gasteiger partial charge in [-0.1, -0.05) is 34.1 Å². The van der Waals surface area contributed by atoms with E-state index in [-0.39, 0.29) is 6.04 Å². The van der Waals surface area contributed by atoms with Gasteiger partial charge in [-0.3, -0.25) is 4.68 Å². The largest absolute Gasteiger partial charge is 0.487 e. The molecule has 5 nitrogen and oxygen atoms in total. The van der Waals surface area contributed by atoms with Gasteiger partial charge in [0.1, 0.15) is 18.1 Å². The predicted octanol–water partition coefficient (Wildman–Crippen LogP) is 3.22. The Morgan fingerprint density at radius 1 is 1.43 bits per heavy atom. The zero-order chi connectivity index (χ0) is 15.2. The third kappa shape index (κ3) is 4.54. The zero-order valence-corrected chi connectivity index (χ0v) is 14.2. The van der Waals surface area contributed by atoms with Crippen LogP contribution in [-0.2, 0) is 13.7 Å². The van der Waals surface area contributed by atoms with Crippen LogP contribution in [0.2, 0.25) is 0 Å². The van der Waals surface area contributed by atoms with Crippen molar-refractivity contribution in [3.8, 4) is 5.75 Å². The van der Waals surface area contributed by atoms with Crippen molar-refractivity contribution >= 4 is 15.9 Å². The molecule has 0 spiro atoms. The number of hydrogen-bond donors (Lipinski definition) is 1. The van der Waals surface area contributed by atoms with E-state index in [2.05, 4.69) is 51.5 Å². The lowest BCUT2D eigenvalue weighted by Gasteiger charge is -2.18. The highest BCUT2D eigenvalue weighted by Crippen LogP contribution is 2.29. The molecule has 114 valence electrons. The average molecular weight is 353 g/mol. The summed E-state index contributed by atoms with van der Waals surface area (Å²) in [6, 6.07) is 6.36. The maximum Gasteiger partial charge on any atom is 0.134 e. The topological polar surface area (TPSA) is 52.0 Å². The lowest BCUT2D eigenvalue weighted by molar-refractivity contribution is 0.294. The van der Waals surface area contributed by atoms with Gasteiger partial charge < -0.3 is 10.1 Å². The smallest absolute Gasteiger partial charge is 0.134 e. The lowest BCUT2D eigenvalue weighted by Crippen LogP contribution is -2.20. The molecule has 0 aliphatic carbocycles. The Hall–Kier alpha value is -1.40. The van der Waals surface area contributed by atoms with Crippen LogP contribution < -0.4 is 10.1 Å². The molecule has 0 amide bonds. The Balaban J connectivity index is 2.10. The van der Waals surface area contributed by atoms with Gasteiger partial charge in [0.25, 0.3) is 0 Å². The lowest BCUT2D eigenvalue weighted by atomic mass is 10.1. The van der Waals surface area contributed by atoms with Gasteiger partial charge in [0.15, 0.2) is 0 Å². The van der Waals surface area contributed by atoms with Crippen LogP contribution in [0.25, 0.3) is 0 Å². The highest BCUT2D eigenvalue weighted by Gasteiger charge is 2.12. The van der Waals surface area contributed by atoms with Crippen molar-refractivity contribution in [2.75, 3.05) is 6.54 Å². The molecule has 2 rings (SSSR count). The van der Waals surface area contributed by atoms with Crippen molar-refractivity contribution in [3.63, 3.8) is 0 Å². The molecule has 0 bridgehead atoms. The molecule has 1 heterocycles. The fourth-order valence-corrected chi connectivity index (χ4v) is 2.41. The number of aryl methyl sites for hydroxylation is 1. The number of benzene rings is 1. The molecular weight excluding hydrogens is 332 g/mol. The van der Waals surface area contributed by atoms with Crippen molar-refractivity contribution in [3.05, 3.63) is 40.1 Å². The van der Waals surface area contributed by atoms with Crippen molar-refractivity contribution in [2.45, 2.75) is 32.9 Å². The molecular formula is C15H21BrN4O. The minimum absolute atomic E-state index is 0.245. The van der Waals surface area contributed by atoms with Gasteiger partial charge >= 0.3 is 0 Å². The first-order chi connectivity index (χ1) is 10.1. The Morgan fingerprint density at radius 2 is 2.24 bits per heavy atom. The van der Waals surface area contributed by atoms with E-state index in [4.69, 9.17) is 4.74 Å². The van der Waals surface area contributed by atoms with E-state index in [1.807, 2.05) is 25.4 Å². The molecule has 1 aromatic heterocycles. The SMILES string of the molecule is CCCNC(C)c1ccc(Br)cc1OCc1cn(C)nn1. The fraction of sp³-hybridized carbons (Fsp3) is 0.467. The summed E-state index contributed by atoms with van der Waals surface area (Å²) in [4.78, 5) is 0. The van der Waals surface area contributed by atoms with Gasteiger partial charge in [-0.2, -0.15) is 0 Å². The van der Waals surface area contributed by atoms with E-state index in [9.17, 15) is 0 Å². The Bertz CT molecular complexity index is 585. The fourth-order valence-electron chi connectivity index (χ4n) is 2.07. The number of aromatic nitrogens is 3. The molecule has 1 N–H and O–H groups in total. The predicted molar refractivity (Wildman–Crippen MR) is 86.2 cm³/mol. The van der Waals surface area contributed by atoms with Crippen LogP contribution in [0.15, 0.2) is 28.9 Å². The second-order valence-electron chi connectivity index (χ2n) is 5.03. The summed E-state index contributed by atoms with van der Waals surface area (Å²) in [6.45, 7) is 5.71. The van der Waals surface area contributed by atoms with Gasteiger partial charge in [-0.25, -0.2) is 0 Å². The molecule has 1 unspecified atom stereocenters. The summed E-state index contributed by atoms with van der Waals surface area (Å²) in [5.41, 5.74) is 1.97. The van der Waals surface area contributed by atoms with E-state index in [1.165, 1.54) is 0 Å². The highest BCUT2D eigenvalue weighted by atomic mass is 79.9. The number of ether oxygens (including phenoxy) is 1. The first-order valence-corrected chi connectivity index (χ1v) is 7.90. The molecule has 0 saturated heterocycles. The Kier molecular flexibility index (Phi) is 5.76. The minimum atomic E-state index is 0.245. The second-order valence-corrected chi connectivity index (χ2v) is 5.95. The second kappa shape index (κ2) is 7.56. The number of nitrogens with one attached hydrogen (secondary N) is 1. The molecule has 0 radical (unpaired) electrons. The first kappa shape index (κ1) is 16.0. The number of halogens is 1. The number of hydrogen-bond acceptors (Lipinski definition) is 4. The summed E-state index contributed by atoms with van der Waals surface area (Å²) in [7, 11) is 1.85. The van der Waals surface area contributed by atoms with Crippen LogP contribution in [0.3, 0.4) is 0 Å². The average Bonchev–Trinajstić information content (AvgIpc) is 2.88. The molecule has 21 heavy (non-hydrogen) atoms. The monoisotopic (exact) mass is 352 g/mol. The normalized spacial score (nSPS) is 12.4. The standard InChI is InChI=1S/C15H21BrN4O/c1-4-7-17-11(2)14-6-5-12(16)8-15(14)21-10-13-9-20(3)19-18-13/h5-6,8-9,11,17H,4,7,10H2,1-3H3. The summed E-state index contributed by atoms with van der Waals surface area (Å²) in [5, 5.41) is 11.4. The minimum Gasteiger partial charge on any atom is -0.487 e. The van der Waals surface area contributed by atoms with Crippen molar-refractivity contribution in [2.24, 2.45) is 7.05 Å². The van der Waals surface area contributed by atoms with Crippen LogP contribution in [0.4, 0.5) is 0 Å². The summed E-state index contributed by atoms with van der Waals surface area (Å²) < 4.78 is 8.61. The molecule has 0 aliphatic rings. The van der Waals surface area contributed by atoms with Crippen LogP contribution in [0.5, 0.6) is 5.75 Å². The summed E-state index contributed by atoms with van der Waals surface area (Å²) >= 11 is 3.50. The van der Waals surface area contributed by atoms with E-state index < -0.39 is 0 Å². The van der Waals surface area contributed by atoms with Gasteiger partial charge in [-0.15, -0.1) is 5.10 Å². The summed E-state index contributed by atoms with van der Waals surface area (Å²) in [6.07, 6.45) is 2.97. The number of rotatable bonds is 7. The molecule has 1 atom stereocenters. The third-order valence-corrected chi connectivity index (χ3v) is 3.66. The van der Waals surface area contributed by atoms with Crippen LogP contribution in [0.1, 0.15) is 37.6 Å². The van der Waals surface area contributed by atoms with Gasteiger partial charge in [-0.05, 0) is 32.0 Å². The number of nitrogens with zero attached hydrogens (tertiary/aromatic N) is 3. The maximum atomic E-state index is 5.93. The summed E-state index contributed by atoms with van der Waals surface area (Å²) in [5.74, 6) is 0.867. The quantitative estimate of drug-likeness (QED) is 0.831. The molecule has 0 saturated carbocycles. The maximum absolute atomic E-state index is 5.93. The van der Waals surface area contributed by atoms with Gasteiger partial charge in [0, 0.05) is 23.1 Å². The van der Waals surface area contributed by atoms with Crippen molar-refractivity contribution in [1.82, 2.24) is 20.3 Å². The van der Waals surface area contributed by atoms with E-state index in [0.717, 1.165) is 34.4 Å². The van der Waals surface area contributed by atoms with E-state index in [1.54, 1.807) is 4.68 Å². The molecule has 0 fully saturated rings. The van der Waals surface area contributed by atoms with E-state index in [0.29, 0.717) is 6.61 Å². The molecule has 0 aliphatic heterocycles. The third-order valence-electron chi connectivity index (χ3n) is 3.17. The highest BCUT2D eigenvalue weighted by molar-refractivity contribution is 9.10. The van der Waals surface area contributed by atoms with E-state index >= 15 is 0 Å². The Labute approximate surface area is 133 Å². The first-order valence-electron chi connectivity index (χ1n) is 7.11. The molecule has 6 heteroatoms. The Morgan fingerprint density at radius 3 is 2.90 bits per heavy atom. The molecule has 1 aromatic carbocycles. The van der Waals surface area contributed by atoms with Gasteiger partial charge in [0.2, 0.25) is 0 Å².